The number of amides is 1. The predicted molar refractivity (Wildman–Crippen MR) is 75.9 cm³/mol. The van der Waals surface area contributed by atoms with E-state index in [4.69, 9.17) is 15.2 Å². The van der Waals surface area contributed by atoms with Gasteiger partial charge in [0.2, 0.25) is 5.91 Å². The Kier molecular flexibility index (Phi) is 4.13. The highest BCUT2D eigenvalue weighted by molar-refractivity contribution is 5.86. The second-order valence-electron chi connectivity index (χ2n) is 5.73. The van der Waals surface area contributed by atoms with Crippen molar-refractivity contribution in [2.45, 2.75) is 38.2 Å². The van der Waals surface area contributed by atoms with Crippen LogP contribution in [0.4, 0.5) is 0 Å². The van der Waals surface area contributed by atoms with Crippen LogP contribution in [-0.4, -0.2) is 30.9 Å². The summed E-state index contributed by atoms with van der Waals surface area (Å²) < 4.78 is 11.1. The molecule has 1 saturated heterocycles. The van der Waals surface area contributed by atoms with Crippen molar-refractivity contribution in [3.8, 4) is 0 Å². The molecule has 0 aromatic heterocycles. The van der Waals surface area contributed by atoms with Gasteiger partial charge in [0, 0.05) is 6.54 Å². The van der Waals surface area contributed by atoms with Crippen molar-refractivity contribution < 1.29 is 14.3 Å². The first-order valence-corrected chi connectivity index (χ1v) is 6.76. The fourth-order valence-corrected chi connectivity index (χ4v) is 2.17. The van der Waals surface area contributed by atoms with Gasteiger partial charge in [-0.25, -0.2) is 0 Å². The van der Waals surface area contributed by atoms with Crippen molar-refractivity contribution in [1.82, 2.24) is 5.32 Å². The second-order valence-corrected chi connectivity index (χ2v) is 5.73. The van der Waals surface area contributed by atoms with E-state index in [-0.39, 0.29) is 12.0 Å². The zero-order valence-electron chi connectivity index (χ0n) is 12.2. The molecule has 0 bridgehead atoms. The molecule has 1 aromatic rings. The minimum absolute atomic E-state index is 0.138. The normalized spacial score (nSPS) is 24.1. The SMILES string of the molecule is CC1(C)OCC(CNC(=O)C(C)(N)c2ccccc2)O1. The van der Waals surface area contributed by atoms with Gasteiger partial charge in [-0.1, -0.05) is 30.3 Å². The summed E-state index contributed by atoms with van der Waals surface area (Å²) in [7, 11) is 0. The number of benzene rings is 1. The predicted octanol–water partition coefficient (Wildman–Crippen LogP) is 1.13. The Morgan fingerprint density at radius 3 is 2.65 bits per heavy atom. The minimum atomic E-state index is -1.06. The molecule has 20 heavy (non-hydrogen) atoms. The van der Waals surface area contributed by atoms with E-state index in [2.05, 4.69) is 5.32 Å². The van der Waals surface area contributed by atoms with Crippen LogP contribution < -0.4 is 11.1 Å². The van der Waals surface area contributed by atoms with E-state index in [9.17, 15) is 4.79 Å². The Balaban J connectivity index is 1.92. The summed E-state index contributed by atoms with van der Waals surface area (Å²) in [5.41, 5.74) is 5.86. The highest BCUT2D eigenvalue weighted by Gasteiger charge is 2.35. The molecule has 1 fully saturated rings. The van der Waals surface area contributed by atoms with Crippen LogP contribution in [0.3, 0.4) is 0 Å². The number of carbonyl (C=O) groups excluding carboxylic acids is 1. The zero-order chi connectivity index (χ0) is 14.8. The molecular formula is C15H22N2O3. The van der Waals surface area contributed by atoms with Crippen LogP contribution in [0.5, 0.6) is 0 Å². The second kappa shape index (κ2) is 5.52. The van der Waals surface area contributed by atoms with Crippen molar-refractivity contribution in [2.75, 3.05) is 13.2 Å². The lowest BCUT2D eigenvalue weighted by molar-refractivity contribution is -0.140. The molecular weight excluding hydrogens is 256 g/mol. The van der Waals surface area contributed by atoms with E-state index >= 15 is 0 Å². The Bertz CT molecular complexity index is 471. The molecule has 3 N–H and O–H groups in total. The average Bonchev–Trinajstić information content (AvgIpc) is 2.76. The van der Waals surface area contributed by atoms with Crippen LogP contribution in [0, 0.1) is 0 Å². The van der Waals surface area contributed by atoms with Gasteiger partial charge in [-0.05, 0) is 26.3 Å². The van der Waals surface area contributed by atoms with Gasteiger partial charge in [0.15, 0.2) is 5.79 Å². The number of nitrogens with one attached hydrogen (secondary N) is 1. The third-order valence-electron chi connectivity index (χ3n) is 3.40. The summed E-state index contributed by atoms with van der Waals surface area (Å²) in [4.78, 5) is 12.3. The summed E-state index contributed by atoms with van der Waals surface area (Å²) in [5.74, 6) is -0.807. The van der Waals surface area contributed by atoms with Crippen molar-refractivity contribution in [2.24, 2.45) is 5.73 Å². The zero-order valence-corrected chi connectivity index (χ0v) is 12.2. The van der Waals surface area contributed by atoms with E-state index in [1.807, 2.05) is 44.2 Å². The lowest BCUT2D eigenvalue weighted by Gasteiger charge is -2.25. The lowest BCUT2D eigenvalue weighted by Crippen LogP contribution is -2.50. The monoisotopic (exact) mass is 278 g/mol. The van der Waals surface area contributed by atoms with E-state index in [0.29, 0.717) is 13.2 Å². The van der Waals surface area contributed by atoms with E-state index < -0.39 is 11.3 Å². The number of rotatable bonds is 4. The fourth-order valence-electron chi connectivity index (χ4n) is 2.17. The average molecular weight is 278 g/mol. The smallest absolute Gasteiger partial charge is 0.244 e. The maximum absolute atomic E-state index is 12.3. The molecule has 1 aromatic carbocycles. The molecule has 0 radical (unpaired) electrons. The molecule has 2 atom stereocenters. The first kappa shape index (κ1) is 15.0. The van der Waals surface area contributed by atoms with Gasteiger partial charge in [0.1, 0.15) is 11.6 Å². The first-order chi connectivity index (χ1) is 9.31. The Labute approximate surface area is 119 Å². The topological polar surface area (TPSA) is 73.6 Å². The Morgan fingerprint density at radius 2 is 2.10 bits per heavy atom. The maximum Gasteiger partial charge on any atom is 0.244 e. The van der Waals surface area contributed by atoms with Gasteiger partial charge in [-0.2, -0.15) is 0 Å². The van der Waals surface area contributed by atoms with Crippen LogP contribution >= 0.6 is 0 Å². The molecule has 0 aliphatic carbocycles. The first-order valence-electron chi connectivity index (χ1n) is 6.76. The highest BCUT2D eigenvalue weighted by atomic mass is 16.7. The van der Waals surface area contributed by atoms with Crippen LogP contribution in [0.2, 0.25) is 0 Å². The number of carbonyl (C=O) groups is 1. The summed E-state index contributed by atoms with van der Waals surface area (Å²) in [5, 5.41) is 2.83. The quantitative estimate of drug-likeness (QED) is 0.866. The van der Waals surface area contributed by atoms with Crippen LogP contribution in [0.25, 0.3) is 0 Å². The Hall–Kier alpha value is -1.43. The van der Waals surface area contributed by atoms with Gasteiger partial charge in [-0.3, -0.25) is 4.79 Å². The van der Waals surface area contributed by atoms with Crippen LogP contribution in [0.1, 0.15) is 26.3 Å². The fraction of sp³-hybridized carbons (Fsp3) is 0.533. The molecule has 0 spiro atoms. The molecule has 5 nitrogen and oxygen atoms in total. The van der Waals surface area contributed by atoms with Gasteiger partial charge in [0.25, 0.3) is 0 Å². The summed E-state index contributed by atoms with van der Waals surface area (Å²) in [6, 6.07) is 9.31. The largest absolute Gasteiger partial charge is 0.352 e. The summed E-state index contributed by atoms with van der Waals surface area (Å²) in [6.45, 7) is 6.27. The highest BCUT2D eigenvalue weighted by Crippen LogP contribution is 2.22. The molecule has 1 amide bonds. The maximum atomic E-state index is 12.3. The molecule has 0 saturated carbocycles. The van der Waals surface area contributed by atoms with Crippen molar-refractivity contribution >= 4 is 5.91 Å². The number of ether oxygens (including phenoxy) is 2. The Morgan fingerprint density at radius 1 is 1.45 bits per heavy atom. The van der Waals surface area contributed by atoms with Gasteiger partial charge in [0.05, 0.1) is 6.61 Å². The molecule has 1 aliphatic rings. The number of hydrogen-bond acceptors (Lipinski definition) is 4. The standard InChI is InChI=1S/C15H22N2O3/c1-14(2)19-10-12(20-14)9-17-13(18)15(3,16)11-7-5-4-6-8-11/h4-8,12H,9-10,16H2,1-3H3,(H,17,18). The summed E-state index contributed by atoms with van der Waals surface area (Å²) >= 11 is 0. The van der Waals surface area contributed by atoms with E-state index in [0.717, 1.165) is 5.56 Å². The van der Waals surface area contributed by atoms with Gasteiger partial charge >= 0.3 is 0 Å². The van der Waals surface area contributed by atoms with Crippen molar-refractivity contribution in [3.05, 3.63) is 35.9 Å². The van der Waals surface area contributed by atoms with Crippen LogP contribution in [-0.2, 0) is 19.8 Å². The van der Waals surface area contributed by atoms with Crippen molar-refractivity contribution in [3.63, 3.8) is 0 Å². The molecule has 1 aliphatic heterocycles. The molecule has 5 heteroatoms. The van der Waals surface area contributed by atoms with E-state index in [1.165, 1.54) is 0 Å². The lowest BCUT2D eigenvalue weighted by atomic mass is 9.92. The summed E-state index contributed by atoms with van der Waals surface area (Å²) in [6.07, 6.45) is -0.138. The molecule has 110 valence electrons. The number of hydrogen-bond donors (Lipinski definition) is 2. The van der Waals surface area contributed by atoms with Crippen LogP contribution in [0.15, 0.2) is 30.3 Å². The van der Waals surface area contributed by atoms with Gasteiger partial charge < -0.3 is 20.5 Å². The minimum Gasteiger partial charge on any atom is -0.352 e. The van der Waals surface area contributed by atoms with Crippen molar-refractivity contribution in [1.29, 1.82) is 0 Å². The molecule has 2 rings (SSSR count). The van der Waals surface area contributed by atoms with E-state index in [1.54, 1.807) is 6.92 Å². The van der Waals surface area contributed by atoms with Gasteiger partial charge in [-0.15, -0.1) is 0 Å². The third kappa shape index (κ3) is 3.36. The molecule has 2 unspecified atom stereocenters. The molecule has 1 heterocycles. The third-order valence-corrected chi connectivity index (χ3v) is 3.40. The number of nitrogens with two attached hydrogens (primary N) is 1.